The molecule has 0 fully saturated rings. The predicted molar refractivity (Wildman–Crippen MR) is 71.9 cm³/mol. The molecule has 1 rings (SSSR count). The standard InChI is InChI=1S/C13H18BrNO2/c1-2-3-8-13(15,12(16)17)9-10-4-6-11(14)7-5-10/h4-7H,2-3,8-9,15H2,1H3,(H,16,17)/t13-/m0/s1. The smallest absolute Gasteiger partial charge is 0.324 e. The molecule has 0 aromatic heterocycles. The van der Waals surface area contributed by atoms with Crippen LogP contribution in [0.2, 0.25) is 0 Å². The maximum Gasteiger partial charge on any atom is 0.324 e. The normalized spacial score (nSPS) is 14.3. The highest BCUT2D eigenvalue weighted by atomic mass is 79.9. The summed E-state index contributed by atoms with van der Waals surface area (Å²) in [5.41, 5.74) is 5.79. The van der Waals surface area contributed by atoms with Gasteiger partial charge in [-0.2, -0.15) is 0 Å². The summed E-state index contributed by atoms with van der Waals surface area (Å²) < 4.78 is 0.979. The maximum absolute atomic E-state index is 11.3. The zero-order valence-electron chi connectivity index (χ0n) is 9.95. The lowest BCUT2D eigenvalue weighted by Gasteiger charge is -2.24. The molecule has 1 aromatic carbocycles. The molecule has 94 valence electrons. The van der Waals surface area contributed by atoms with Crippen LogP contribution in [0.3, 0.4) is 0 Å². The minimum absolute atomic E-state index is 0.371. The van der Waals surface area contributed by atoms with Crippen LogP contribution in [0.1, 0.15) is 31.7 Å². The van der Waals surface area contributed by atoms with Crippen LogP contribution >= 0.6 is 15.9 Å². The number of carboxylic acids is 1. The van der Waals surface area contributed by atoms with Gasteiger partial charge in [-0.1, -0.05) is 47.8 Å². The first kappa shape index (κ1) is 14.2. The lowest BCUT2D eigenvalue weighted by Crippen LogP contribution is -2.49. The number of hydrogen-bond acceptors (Lipinski definition) is 2. The summed E-state index contributed by atoms with van der Waals surface area (Å²) in [5.74, 6) is -0.922. The SMILES string of the molecule is CCCC[C@](N)(Cc1ccc(Br)cc1)C(=O)O. The molecule has 0 aliphatic rings. The molecule has 3 nitrogen and oxygen atoms in total. The molecule has 0 bridgehead atoms. The first-order chi connectivity index (χ1) is 7.98. The number of benzene rings is 1. The molecule has 0 spiro atoms. The maximum atomic E-state index is 11.3. The van der Waals surface area contributed by atoms with Gasteiger partial charge in [-0.15, -0.1) is 0 Å². The molecule has 0 saturated heterocycles. The lowest BCUT2D eigenvalue weighted by molar-refractivity contribution is -0.143. The lowest BCUT2D eigenvalue weighted by atomic mass is 9.87. The second-order valence-electron chi connectivity index (χ2n) is 4.37. The number of carbonyl (C=O) groups is 1. The van der Waals surface area contributed by atoms with Gasteiger partial charge in [0.15, 0.2) is 0 Å². The molecular formula is C13H18BrNO2. The first-order valence-electron chi connectivity index (χ1n) is 5.74. The van der Waals surface area contributed by atoms with Crippen LogP contribution in [0.4, 0.5) is 0 Å². The van der Waals surface area contributed by atoms with Gasteiger partial charge in [-0.3, -0.25) is 4.79 Å². The Morgan fingerprint density at radius 3 is 2.47 bits per heavy atom. The van der Waals surface area contributed by atoms with Crippen LogP contribution in [0.5, 0.6) is 0 Å². The molecular weight excluding hydrogens is 282 g/mol. The molecule has 1 atom stereocenters. The highest BCUT2D eigenvalue weighted by Gasteiger charge is 2.33. The summed E-state index contributed by atoms with van der Waals surface area (Å²) in [5, 5.41) is 9.24. The molecule has 0 unspecified atom stereocenters. The zero-order valence-corrected chi connectivity index (χ0v) is 11.5. The average Bonchev–Trinajstić information content (AvgIpc) is 2.29. The van der Waals surface area contributed by atoms with Crippen molar-refractivity contribution >= 4 is 21.9 Å². The molecule has 3 N–H and O–H groups in total. The van der Waals surface area contributed by atoms with E-state index < -0.39 is 11.5 Å². The third-order valence-electron chi connectivity index (χ3n) is 2.84. The van der Waals surface area contributed by atoms with Crippen molar-refractivity contribution in [2.75, 3.05) is 0 Å². The van der Waals surface area contributed by atoms with Crippen molar-refractivity contribution in [1.29, 1.82) is 0 Å². The van der Waals surface area contributed by atoms with Gasteiger partial charge >= 0.3 is 5.97 Å². The van der Waals surface area contributed by atoms with Crippen molar-refractivity contribution in [2.45, 2.75) is 38.1 Å². The molecule has 0 radical (unpaired) electrons. The fraction of sp³-hybridized carbons (Fsp3) is 0.462. The van der Waals surface area contributed by atoms with Crippen LogP contribution < -0.4 is 5.73 Å². The van der Waals surface area contributed by atoms with Crippen molar-refractivity contribution < 1.29 is 9.90 Å². The number of halogens is 1. The van der Waals surface area contributed by atoms with E-state index in [1.54, 1.807) is 0 Å². The van der Waals surface area contributed by atoms with Crippen LogP contribution in [0, 0.1) is 0 Å². The summed E-state index contributed by atoms with van der Waals surface area (Å²) in [6.45, 7) is 2.03. The van der Waals surface area contributed by atoms with Crippen molar-refractivity contribution in [1.82, 2.24) is 0 Å². The number of rotatable bonds is 6. The van der Waals surface area contributed by atoms with Crippen molar-refractivity contribution in [3.8, 4) is 0 Å². The second kappa shape index (κ2) is 6.17. The monoisotopic (exact) mass is 299 g/mol. The van der Waals surface area contributed by atoms with E-state index in [-0.39, 0.29) is 0 Å². The highest BCUT2D eigenvalue weighted by Crippen LogP contribution is 2.20. The molecule has 4 heteroatoms. The number of unbranched alkanes of at least 4 members (excludes halogenated alkanes) is 1. The summed E-state index contributed by atoms with van der Waals surface area (Å²) in [6, 6.07) is 7.61. The Morgan fingerprint density at radius 2 is 2.00 bits per heavy atom. The molecule has 1 aromatic rings. The minimum atomic E-state index is -1.15. The molecule has 0 heterocycles. The van der Waals surface area contributed by atoms with E-state index in [0.717, 1.165) is 22.9 Å². The Balaban J connectivity index is 2.79. The van der Waals surface area contributed by atoms with E-state index in [4.69, 9.17) is 5.73 Å². The van der Waals surface area contributed by atoms with E-state index in [9.17, 15) is 9.90 Å². The number of hydrogen-bond donors (Lipinski definition) is 2. The summed E-state index contributed by atoms with van der Waals surface area (Å²) >= 11 is 3.35. The van der Waals surface area contributed by atoms with Gasteiger partial charge in [-0.05, 0) is 24.1 Å². The topological polar surface area (TPSA) is 63.3 Å². The summed E-state index contributed by atoms with van der Waals surface area (Å²) in [7, 11) is 0. The quantitative estimate of drug-likeness (QED) is 0.849. The molecule has 0 aliphatic carbocycles. The highest BCUT2D eigenvalue weighted by molar-refractivity contribution is 9.10. The predicted octanol–water partition coefficient (Wildman–Crippen LogP) is 2.96. The Hall–Kier alpha value is -0.870. The number of aliphatic carboxylic acids is 1. The Bertz CT molecular complexity index is 378. The largest absolute Gasteiger partial charge is 0.480 e. The minimum Gasteiger partial charge on any atom is -0.480 e. The summed E-state index contributed by atoms with van der Waals surface area (Å²) in [6.07, 6.45) is 2.66. The van der Waals surface area contributed by atoms with Crippen LogP contribution in [0.15, 0.2) is 28.7 Å². The van der Waals surface area contributed by atoms with E-state index in [1.165, 1.54) is 0 Å². The molecule has 0 saturated carbocycles. The fourth-order valence-corrected chi connectivity index (χ4v) is 1.99. The Morgan fingerprint density at radius 1 is 1.41 bits per heavy atom. The van der Waals surface area contributed by atoms with E-state index in [0.29, 0.717) is 12.8 Å². The van der Waals surface area contributed by atoms with Crippen molar-refractivity contribution in [2.24, 2.45) is 5.73 Å². The van der Waals surface area contributed by atoms with Crippen molar-refractivity contribution in [3.63, 3.8) is 0 Å². The van der Waals surface area contributed by atoms with Gasteiger partial charge in [0.05, 0.1) is 0 Å². The first-order valence-corrected chi connectivity index (χ1v) is 6.54. The molecule has 0 amide bonds. The zero-order chi connectivity index (χ0) is 12.9. The van der Waals surface area contributed by atoms with Crippen LogP contribution in [-0.4, -0.2) is 16.6 Å². The van der Waals surface area contributed by atoms with Gasteiger partial charge in [-0.25, -0.2) is 0 Å². The van der Waals surface area contributed by atoms with Crippen LogP contribution in [0.25, 0.3) is 0 Å². The van der Waals surface area contributed by atoms with Gasteiger partial charge < -0.3 is 10.8 Å². The number of nitrogens with two attached hydrogens (primary N) is 1. The van der Waals surface area contributed by atoms with E-state index in [2.05, 4.69) is 15.9 Å². The summed E-state index contributed by atoms with van der Waals surface area (Å²) in [4.78, 5) is 11.3. The number of carboxylic acid groups (broad SMARTS) is 1. The fourth-order valence-electron chi connectivity index (χ4n) is 1.73. The third-order valence-corrected chi connectivity index (χ3v) is 3.36. The molecule has 17 heavy (non-hydrogen) atoms. The van der Waals surface area contributed by atoms with Crippen molar-refractivity contribution in [3.05, 3.63) is 34.3 Å². The van der Waals surface area contributed by atoms with Gasteiger partial charge in [0, 0.05) is 10.9 Å². The second-order valence-corrected chi connectivity index (χ2v) is 5.28. The molecule has 0 aliphatic heterocycles. The third kappa shape index (κ3) is 4.13. The van der Waals surface area contributed by atoms with Crippen LogP contribution in [-0.2, 0) is 11.2 Å². The Labute approximate surface area is 110 Å². The average molecular weight is 300 g/mol. The van der Waals surface area contributed by atoms with Gasteiger partial charge in [0.1, 0.15) is 5.54 Å². The van der Waals surface area contributed by atoms with E-state index >= 15 is 0 Å². The van der Waals surface area contributed by atoms with Gasteiger partial charge in [0.25, 0.3) is 0 Å². The van der Waals surface area contributed by atoms with E-state index in [1.807, 2.05) is 31.2 Å². The van der Waals surface area contributed by atoms with Gasteiger partial charge in [0.2, 0.25) is 0 Å². The Kier molecular flexibility index (Phi) is 5.15.